The summed E-state index contributed by atoms with van der Waals surface area (Å²) in [7, 11) is 1.74. The number of rotatable bonds is 4. The molecule has 20 heavy (non-hydrogen) atoms. The summed E-state index contributed by atoms with van der Waals surface area (Å²) in [5, 5.41) is 5.70. The molecule has 1 unspecified atom stereocenters. The third kappa shape index (κ3) is 3.32. The molecule has 1 aromatic carbocycles. The van der Waals surface area contributed by atoms with Gasteiger partial charge < -0.3 is 10.6 Å². The molecule has 0 bridgehead atoms. The highest BCUT2D eigenvalue weighted by Crippen LogP contribution is 2.15. The van der Waals surface area contributed by atoms with Crippen LogP contribution in [-0.2, 0) is 0 Å². The minimum Gasteiger partial charge on any atom is -0.373 e. The molecular formula is C15H16FN3O. The predicted octanol–water partition coefficient (Wildman–Crippen LogP) is 2.75. The number of carbonyl (C=O) groups is 1. The van der Waals surface area contributed by atoms with Crippen LogP contribution in [0.4, 0.5) is 10.2 Å². The fraction of sp³-hybridized carbons (Fsp3) is 0.200. The summed E-state index contributed by atoms with van der Waals surface area (Å²) in [6.45, 7) is 1.81. The van der Waals surface area contributed by atoms with Gasteiger partial charge in [-0.3, -0.25) is 4.79 Å². The van der Waals surface area contributed by atoms with E-state index in [0.29, 0.717) is 11.4 Å². The number of nitrogens with zero attached hydrogens (tertiary/aromatic N) is 1. The van der Waals surface area contributed by atoms with Crippen molar-refractivity contribution in [3.8, 4) is 0 Å². The van der Waals surface area contributed by atoms with Gasteiger partial charge in [0, 0.05) is 18.8 Å². The molecule has 1 atom stereocenters. The lowest BCUT2D eigenvalue weighted by Gasteiger charge is -2.14. The lowest BCUT2D eigenvalue weighted by molar-refractivity contribution is 0.0939. The number of anilines is 1. The maximum Gasteiger partial charge on any atom is 0.251 e. The van der Waals surface area contributed by atoms with Crippen LogP contribution in [0.2, 0.25) is 0 Å². The molecule has 1 amide bonds. The number of nitrogens with one attached hydrogen (secondary N) is 2. The van der Waals surface area contributed by atoms with Crippen LogP contribution in [0, 0.1) is 5.82 Å². The van der Waals surface area contributed by atoms with Gasteiger partial charge in [-0.15, -0.1) is 0 Å². The van der Waals surface area contributed by atoms with E-state index in [1.807, 2.05) is 6.92 Å². The SMILES string of the molecule is CNc1cc(C(=O)NC(C)c2cccc(F)c2)ccn1. The average Bonchev–Trinajstić information content (AvgIpc) is 2.47. The average molecular weight is 273 g/mol. The van der Waals surface area contributed by atoms with Crippen LogP contribution in [0.5, 0.6) is 0 Å². The number of carbonyl (C=O) groups excluding carboxylic acids is 1. The third-order valence-corrected chi connectivity index (χ3v) is 2.97. The lowest BCUT2D eigenvalue weighted by Crippen LogP contribution is -2.26. The van der Waals surface area contributed by atoms with Crippen LogP contribution in [0.1, 0.15) is 28.9 Å². The molecule has 0 fully saturated rings. The van der Waals surface area contributed by atoms with Crippen LogP contribution in [0.3, 0.4) is 0 Å². The van der Waals surface area contributed by atoms with Gasteiger partial charge in [0.2, 0.25) is 0 Å². The Hall–Kier alpha value is -2.43. The Morgan fingerprint density at radius 1 is 1.30 bits per heavy atom. The normalized spacial score (nSPS) is 11.8. The summed E-state index contributed by atoms with van der Waals surface area (Å²) in [5.41, 5.74) is 1.23. The first-order valence-electron chi connectivity index (χ1n) is 6.30. The van der Waals surface area contributed by atoms with Gasteiger partial charge in [-0.1, -0.05) is 12.1 Å². The van der Waals surface area contributed by atoms with Crippen molar-refractivity contribution in [2.75, 3.05) is 12.4 Å². The summed E-state index contributed by atoms with van der Waals surface area (Å²) in [6.07, 6.45) is 1.56. The first kappa shape index (κ1) is 14.0. The van der Waals surface area contributed by atoms with Crippen molar-refractivity contribution >= 4 is 11.7 Å². The van der Waals surface area contributed by atoms with E-state index in [9.17, 15) is 9.18 Å². The highest BCUT2D eigenvalue weighted by Gasteiger charge is 2.12. The molecule has 0 aliphatic heterocycles. The Morgan fingerprint density at radius 2 is 2.10 bits per heavy atom. The van der Waals surface area contributed by atoms with E-state index in [2.05, 4.69) is 15.6 Å². The minimum atomic E-state index is -0.315. The van der Waals surface area contributed by atoms with Gasteiger partial charge in [0.05, 0.1) is 6.04 Å². The number of hydrogen-bond acceptors (Lipinski definition) is 3. The van der Waals surface area contributed by atoms with Crippen LogP contribution >= 0.6 is 0 Å². The molecule has 0 spiro atoms. The van der Waals surface area contributed by atoms with Crippen LogP contribution in [-0.4, -0.2) is 17.9 Å². The second-order valence-corrected chi connectivity index (χ2v) is 4.43. The van der Waals surface area contributed by atoms with Gasteiger partial charge in [-0.05, 0) is 36.8 Å². The molecule has 0 radical (unpaired) electrons. The fourth-order valence-corrected chi connectivity index (χ4v) is 1.85. The predicted molar refractivity (Wildman–Crippen MR) is 76.1 cm³/mol. The summed E-state index contributed by atoms with van der Waals surface area (Å²) in [6, 6.07) is 9.21. The first-order valence-corrected chi connectivity index (χ1v) is 6.30. The van der Waals surface area contributed by atoms with Crippen molar-refractivity contribution in [3.05, 3.63) is 59.5 Å². The van der Waals surface area contributed by atoms with Crippen molar-refractivity contribution in [2.45, 2.75) is 13.0 Å². The number of benzene rings is 1. The molecule has 0 aliphatic carbocycles. The van der Waals surface area contributed by atoms with E-state index in [1.165, 1.54) is 12.1 Å². The number of hydrogen-bond donors (Lipinski definition) is 2. The van der Waals surface area contributed by atoms with Gasteiger partial charge >= 0.3 is 0 Å². The van der Waals surface area contributed by atoms with Crippen molar-refractivity contribution in [1.29, 1.82) is 0 Å². The van der Waals surface area contributed by atoms with Gasteiger partial charge in [0.1, 0.15) is 11.6 Å². The van der Waals surface area contributed by atoms with Crippen molar-refractivity contribution < 1.29 is 9.18 Å². The van der Waals surface area contributed by atoms with E-state index in [1.54, 1.807) is 37.5 Å². The monoisotopic (exact) mass is 273 g/mol. The second-order valence-electron chi connectivity index (χ2n) is 4.43. The quantitative estimate of drug-likeness (QED) is 0.900. The second kappa shape index (κ2) is 6.14. The zero-order chi connectivity index (χ0) is 14.5. The maximum atomic E-state index is 13.2. The molecule has 2 rings (SSSR count). The lowest BCUT2D eigenvalue weighted by atomic mass is 10.1. The number of halogens is 1. The summed E-state index contributed by atoms with van der Waals surface area (Å²) >= 11 is 0. The zero-order valence-electron chi connectivity index (χ0n) is 11.4. The van der Waals surface area contributed by atoms with E-state index >= 15 is 0 Å². The maximum absolute atomic E-state index is 13.2. The molecule has 0 saturated heterocycles. The standard InChI is InChI=1S/C15H16FN3O/c1-10(11-4-3-5-13(16)8-11)19-15(20)12-6-7-18-14(9-12)17-2/h3-10H,1-2H3,(H,17,18)(H,19,20). The molecule has 0 saturated carbocycles. The topological polar surface area (TPSA) is 54.0 Å². The van der Waals surface area contributed by atoms with E-state index in [0.717, 1.165) is 5.56 Å². The van der Waals surface area contributed by atoms with Crippen LogP contribution in [0.25, 0.3) is 0 Å². The molecular weight excluding hydrogens is 257 g/mol. The van der Waals surface area contributed by atoms with E-state index < -0.39 is 0 Å². The Bertz CT molecular complexity index is 616. The van der Waals surface area contributed by atoms with Crippen LogP contribution in [0.15, 0.2) is 42.6 Å². The van der Waals surface area contributed by atoms with Gasteiger partial charge in [-0.25, -0.2) is 9.37 Å². The highest BCUT2D eigenvalue weighted by atomic mass is 19.1. The first-order chi connectivity index (χ1) is 9.60. The molecule has 1 heterocycles. The zero-order valence-corrected chi connectivity index (χ0v) is 11.4. The number of amides is 1. The molecule has 104 valence electrons. The van der Waals surface area contributed by atoms with Crippen molar-refractivity contribution in [1.82, 2.24) is 10.3 Å². The Morgan fingerprint density at radius 3 is 2.80 bits per heavy atom. The number of aromatic nitrogens is 1. The smallest absolute Gasteiger partial charge is 0.251 e. The van der Waals surface area contributed by atoms with Gasteiger partial charge in [0.25, 0.3) is 5.91 Å². The Labute approximate surface area is 117 Å². The molecule has 2 aromatic rings. The Kier molecular flexibility index (Phi) is 4.30. The van der Waals surface area contributed by atoms with Gasteiger partial charge in [-0.2, -0.15) is 0 Å². The molecule has 5 heteroatoms. The van der Waals surface area contributed by atoms with Crippen LogP contribution < -0.4 is 10.6 Å². The van der Waals surface area contributed by atoms with E-state index in [-0.39, 0.29) is 17.8 Å². The fourth-order valence-electron chi connectivity index (χ4n) is 1.85. The molecule has 1 aromatic heterocycles. The molecule has 4 nitrogen and oxygen atoms in total. The van der Waals surface area contributed by atoms with E-state index in [4.69, 9.17) is 0 Å². The summed E-state index contributed by atoms with van der Waals surface area (Å²) < 4.78 is 13.2. The Balaban J connectivity index is 2.10. The highest BCUT2D eigenvalue weighted by molar-refractivity contribution is 5.95. The minimum absolute atomic E-state index is 0.222. The largest absolute Gasteiger partial charge is 0.373 e. The molecule has 0 aliphatic rings. The van der Waals surface area contributed by atoms with Gasteiger partial charge in [0.15, 0.2) is 0 Å². The summed E-state index contributed by atoms with van der Waals surface area (Å²) in [5.74, 6) is 0.0849. The number of pyridine rings is 1. The summed E-state index contributed by atoms with van der Waals surface area (Å²) in [4.78, 5) is 16.2. The van der Waals surface area contributed by atoms with Crippen molar-refractivity contribution in [3.63, 3.8) is 0 Å². The van der Waals surface area contributed by atoms with Crippen molar-refractivity contribution in [2.24, 2.45) is 0 Å². The third-order valence-electron chi connectivity index (χ3n) is 2.97. The molecule has 2 N–H and O–H groups in total.